The van der Waals surface area contributed by atoms with Gasteiger partial charge in [0.15, 0.2) is 0 Å². The summed E-state index contributed by atoms with van der Waals surface area (Å²) in [6.07, 6.45) is -1.51. The van der Waals surface area contributed by atoms with E-state index in [9.17, 15) is 13.2 Å². The lowest BCUT2D eigenvalue weighted by molar-refractivity contribution is -0.174. The fraction of sp³-hybridized carbons (Fsp3) is 1.00. The van der Waals surface area contributed by atoms with Crippen LogP contribution in [0.15, 0.2) is 0 Å². The molecule has 0 aromatic heterocycles. The Morgan fingerprint density at radius 1 is 1.12 bits per heavy atom. The van der Waals surface area contributed by atoms with Gasteiger partial charge in [-0.25, -0.2) is 0 Å². The van der Waals surface area contributed by atoms with Gasteiger partial charge in [0.2, 0.25) is 0 Å². The molecule has 16 heavy (non-hydrogen) atoms. The van der Waals surface area contributed by atoms with Gasteiger partial charge in [-0.2, -0.15) is 13.2 Å². The van der Waals surface area contributed by atoms with Crippen molar-refractivity contribution >= 4 is 0 Å². The minimum absolute atomic E-state index is 0.102. The molecule has 0 aliphatic carbocycles. The normalized spacial score (nSPS) is 18.9. The number of nitrogens with one attached hydrogen (secondary N) is 1. The Labute approximate surface area is 93.3 Å². The number of piperidine rings is 1. The van der Waals surface area contributed by atoms with E-state index in [4.69, 9.17) is 4.74 Å². The molecule has 0 unspecified atom stereocenters. The van der Waals surface area contributed by atoms with Crippen LogP contribution < -0.4 is 5.32 Å². The topological polar surface area (TPSA) is 30.5 Å². The Bertz CT molecular complexity index is 181. The molecular formula is C10H18F3NO2. The van der Waals surface area contributed by atoms with E-state index in [1.807, 2.05) is 0 Å². The predicted molar refractivity (Wildman–Crippen MR) is 53.3 cm³/mol. The molecule has 1 saturated heterocycles. The summed E-state index contributed by atoms with van der Waals surface area (Å²) in [7, 11) is 0. The first kappa shape index (κ1) is 13.7. The molecule has 3 nitrogen and oxygen atoms in total. The number of hydrogen-bond acceptors (Lipinski definition) is 3. The van der Waals surface area contributed by atoms with E-state index >= 15 is 0 Å². The molecule has 0 radical (unpaired) electrons. The second-order valence-corrected chi connectivity index (χ2v) is 3.84. The highest BCUT2D eigenvalue weighted by Crippen LogP contribution is 2.14. The first-order valence-electron chi connectivity index (χ1n) is 5.55. The van der Waals surface area contributed by atoms with Crippen LogP contribution in [0.3, 0.4) is 0 Å². The van der Waals surface area contributed by atoms with Crippen LogP contribution in [0.5, 0.6) is 0 Å². The molecule has 0 spiro atoms. The molecule has 0 aromatic carbocycles. The maximum atomic E-state index is 11.7. The molecule has 1 aliphatic heterocycles. The third kappa shape index (κ3) is 7.03. The van der Waals surface area contributed by atoms with Crippen molar-refractivity contribution in [2.45, 2.75) is 31.5 Å². The van der Waals surface area contributed by atoms with E-state index in [0.29, 0.717) is 13.0 Å². The van der Waals surface area contributed by atoms with Crippen LogP contribution in [0, 0.1) is 0 Å². The zero-order valence-electron chi connectivity index (χ0n) is 9.18. The average Bonchev–Trinajstić information content (AvgIpc) is 2.23. The third-order valence-electron chi connectivity index (χ3n) is 2.34. The van der Waals surface area contributed by atoms with Crippen LogP contribution in [0.2, 0.25) is 0 Å². The number of hydrogen-bond donors (Lipinski definition) is 1. The largest absolute Gasteiger partial charge is 0.411 e. The zero-order chi connectivity index (χ0) is 11.9. The molecule has 1 fully saturated rings. The Hall–Kier alpha value is -0.330. The molecule has 1 rings (SSSR count). The van der Waals surface area contributed by atoms with E-state index in [1.54, 1.807) is 0 Å². The quantitative estimate of drug-likeness (QED) is 0.718. The van der Waals surface area contributed by atoms with Gasteiger partial charge in [0.05, 0.1) is 6.10 Å². The van der Waals surface area contributed by atoms with E-state index in [2.05, 4.69) is 10.1 Å². The summed E-state index contributed by atoms with van der Waals surface area (Å²) >= 11 is 0. The first-order valence-corrected chi connectivity index (χ1v) is 5.55. The summed E-state index contributed by atoms with van der Waals surface area (Å²) in [5.41, 5.74) is 0. The van der Waals surface area contributed by atoms with Crippen molar-refractivity contribution in [2.24, 2.45) is 0 Å². The van der Waals surface area contributed by atoms with E-state index in [0.717, 1.165) is 25.9 Å². The van der Waals surface area contributed by atoms with Crippen molar-refractivity contribution < 1.29 is 22.6 Å². The minimum atomic E-state index is -4.23. The summed E-state index contributed by atoms with van der Waals surface area (Å²) in [5, 5.41) is 3.21. The first-order chi connectivity index (χ1) is 7.58. The van der Waals surface area contributed by atoms with Gasteiger partial charge in [0.25, 0.3) is 0 Å². The summed E-state index contributed by atoms with van der Waals surface area (Å²) in [4.78, 5) is 0. The van der Waals surface area contributed by atoms with Crippen molar-refractivity contribution in [3.63, 3.8) is 0 Å². The highest BCUT2D eigenvalue weighted by atomic mass is 19.4. The van der Waals surface area contributed by atoms with Crippen LogP contribution in [0.1, 0.15) is 19.3 Å². The van der Waals surface area contributed by atoms with Gasteiger partial charge in [-0.1, -0.05) is 0 Å². The Morgan fingerprint density at radius 2 is 1.81 bits per heavy atom. The number of rotatable bonds is 6. The molecule has 6 heteroatoms. The van der Waals surface area contributed by atoms with Crippen LogP contribution in [-0.4, -0.2) is 45.2 Å². The summed E-state index contributed by atoms with van der Waals surface area (Å²) < 4.78 is 45.1. The highest BCUT2D eigenvalue weighted by Gasteiger charge is 2.27. The van der Waals surface area contributed by atoms with Crippen molar-refractivity contribution in [3.8, 4) is 0 Å². The Balaban J connectivity index is 1.87. The van der Waals surface area contributed by atoms with Crippen LogP contribution >= 0.6 is 0 Å². The lowest BCUT2D eigenvalue weighted by Crippen LogP contribution is -2.32. The van der Waals surface area contributed by atoms with Gasteiger partial charge in [-0.3, -0.25) is 0 Å². The van der Waals surface area contributed by atoms with Crippen molar-refractivity contribution in [1.29, 1.82) is 0 Å². The maximum absolute atomic E-state index is 11.7. The molecule has 0 amide bonds. The molecule has 0 bridgehead atoms. The molecule has 1 heterocycles. The predicted octanol–water partition coefficient (Wildman–Crippen LogP) is 1.72. The third-order valence-corrected chi connectivity index (χ3v) is 2.34. The van der Waals surface area contributed by atoms with Crippen LogP contribution in [0.4, 0.5) is 13.2 Å². The summed E-state index contributed by atoms with van der Waals surface area (Å²) in [5.74, 6) is 0. The van der Waals surface area contributed by atoms with Gasteiger partial charge < -0.3 is 14.8 Å². The minimum Gasteiger partial charge on any atom is -0.378 e. The number of ether oxygens (including phenoxy) is 2. The number of halogens is 3. The van der Waals surface area contributed by atoms with Gasteiger partial charge >= 0.3 is 6.18 Å². The second-order valence-electron chi connectivity index (χ2n) is 3.84. The van der Waals surface area contributed by atoms with E-state index in [-0.39, 0.29) is 12.7 Å². The lowest BCUT2D eigenvalue weighted by Gasteiger charge is -2.22. The zero-order valence-corrected chi connectivity index (χ0v) is 9.18. The lowest BCUT2D eigenvalue weighted by atomic mass is 10.1. The second kappa shape index (κ2) is 7.09. The molecule has 1 aliphatic rings. The van der Waals surface area contributed by atoms with Crippen molar-refractivity contribution in [3.05, 3.63) is 0 Å². The van der Waals surface area contributed by atoms with Crippen molar-refractivity contribution in [1.82, 2.24) is 5.32 Å². The monoisotopic (exact) mass is 241 g/mol. The highest BCUT2D eigenvalue weighted by molar-refractivity contribution is 4.67. The van der Waals surface area contributed by atoms with Gasteiger partial charge in [-0.05, 0) is 32.4 Å². The molecule has 1 N–H and O–H groups in total. The van der Waals surface area contributed by atoms with Crippen molar-refractivity contribution in [2.75, 3.05) is 32.9 Å². The molecule has 0 atom stereocenters. The number of alkyl halides is 3. The molecule has 0 aromatic rings. The van der Waals surface area contributed by atoms with Crippen LogP contribution in [-0.2, 0) is 9.47 Å². The Morgan fingerprint density at radius 3 is 2.44 bits per heavy atom. The SMILES string of the molecule is FC(F)(F)COCCCOC1CCNCC1. The van der Waals surface area contributed by atoms with E-state index in [1.165, 1.54) is 0 Å². The standard InChI is InChI=1S/C10H18F3NO2/c11-10(12,13)8-15-6-1-7-16-9-2-4-14-5-3-9/h9,14H,1-8H2. The van der Waals surface area contributed by atoms with Crippen LogP contribution in [0.25, 0.3) is 0 Å². The van der Waals surface area contributed by atoms with Gasteiger partial charge in [-0.15, -0.1) is 0 Å². The average molecular weight is 241 g/mol. The summed E-state index contributed by atoms with van der Waals surface area (Å²) in [6, 6.07) is 0. The Kier molecular flexibility index (Phi) is 6.08. The smallest absolute Gasteiger partial charge is 0.378 e. The fourth-order valence-corrected chi connectivity index (χ4v) is 1.56. The van der Waals surface area contributed by atoms with Gasteiger partial charge in [0, 0.05) is 13.2 Å². The summed E-state index contributed by atoms with van der Waals surface area (Å²) in [6.45, 7) is 1.32. The molecule has 96 valence electrons. The molecular weight excluding hydrogens is 223 g/mol. The fourth-order valence-electron chi connectivity index (χ4n) is 1.56. The maximum Gasteiger partial charge on any atom is 0.411 e. The molecule has 0 saturated carbocycles. The van der Waals surface area contributed by atoms with E-state index < -0.39 is 12.8 Å². The van der Waals surface area contributed by atoms with Gasteiger partial charge in [0.1, 0.15) is 6.61 Å².